The number of carbonyl (C=O) groups excluding carboxylic acids is 2. The Hall–Kier alpha value is -2.34. The highest BCUT2D eigenvalue weighted by atomic mass is 32.1. The third-order valence-electron chi connectivity index (χ3n) is 3.08. The first-order chi connectivity index (χ1) is 10.6. The molecule has 3 N–H and O–H groups in total. The Morgan fingerprint density at radius 2 is 2.00 bits per heavy atom. The van der Waals surface area contributed by atoms with Crippen LogP contribution >= 0.6 is 11.3 Å². The van der Waals surface area contributed by atoms with E-state index in [4.69, 9.17) is 0 Å². The molecule has 0 unspecified atom stereocenters. The van der Waals surface area contributed by atoms with Crippen LogP contribution in [0.15, 0.2) is 35.7 Å². The van der Waals surface area contributed by atoms with Gasteiger partial charge < -0.3 is 16.0 Å². The molecule has 0 radical (unpaired) electrons. The van der Waals surface area contributed by atoms with Gasteiger partial charge in [0, 0.05) is 22.7 Å². The molecular weight excluding hydrogens is 298 g/mol. The highest BCUT2D eigenvalue weighted by Gasteiger charge is 2.09. The molecule has 1 aromatic heterocycles. The Bertz CT molecular complexity index is 653. The van der Waals surface area contributed by atoms with Crippen molar-refractivity contribution in [2.24, 2.45) is 0 Å². The number of hydrogen-bond acceptors (Lipinski definition) is 3. The fourth-order valence-electron chi connectivity index (χ4n) is 1.95. The van der Waals surface area contributed by atoms with Crippen molar-refractivity contribution >= 4 is 29.0 Å². The predicted octanol–water partition coefficient (Wildman–Crippen LogP) is 3.13. The topological polar surface area (TPSA) is 70.2 Å². The summed E-state index contributed by atoms with van der Waals surface area (Å²) in [5, 5.41) is 10.3. The smallest absolute Gasteiger partial charge is 0.319 e. The molecule has 3 amide bonds. The number of urea groups is 1. The van der Waals surface area contributed by atoms with E-state index in [0.717, 1.165) is 10.4 Å². The molecule has 2 aromatic rings. The average molecular weight is 317 g/mol. The van der Waals surface area contributed by atoms with Crippen molar-refractivity contribution < 1.29 is 9.59 Å². The summed E-state index contributed by atoms with van der Waals surface area (Å²) in [6, 6.07) is 8.86. The van der Waals surface area contributed by atoms with Crippen LogP contribution in [0, 0.1) is 6.92 Å². The Morgan fingerprint density at radius 3 is 2.64 bits per heavy atom. The molecule has 1 heterocycles. The lowest BCUT2D eigenvalue weighted by Crippen LogP contribution is -2.28. The van der Waals surface area contributed by atoms with Gasteiger partial charge in [0.15, 0.2) is 0 Å². The Morgan fingerprint density at radius 1 is 1.18 bits per heavy atom. The van der Waals surface area contributed by atoms with Crippen LogP contribution < -0.4 is 16.0 Å². The number of carbonyl (C=O) groups is 2. The van der Waals surface area contributed by atoms with Crippen LogP contribution in [0.5, 0.6) is 0 Å². The molecule has 116 valence electrons. The Labute approximate surface area is 133 Å². The molecule has 0 bridgehead atoms. The molecule has 0 saturated carbocycles. The molecule has 1 aromatic carbocycles. The van der Waals surface area contributed by atoms with Crippen molar-refractivity contribution in [3.05, 3.63) is 51.7 Å². The van der Waals surface area contributed by atoms with E-state index in [1.54, 1.807) is 29.5 Å². The second kappa shape index (κ2) is 7.61. The van der Waals surface area contributed by atoms with Gasteiger partial charge in [-0.15, -0.1) is 11.3 Å². The monoisotopic (exact) mass is 317 g/mol. The number of anilines is 1. The van der Waals surface area contributed by atoms with E-state index in [1.165, 1.54) is 0 Å². The maximum absolute atomic E-state index is 11.9. The number of amides is 3. The van der Waals surface area contributed by atoms with Crippen molar-refractivity contribution in [2.75, 3.05) is 11.9 Å². The molecule has 2 rings (SSSR count). The number of hydrogen-bond donors (Lipinski definition) is 3. The van der Waals surface area contributed by atoms with Crippen molar-refractivity contribution in [3.8, 4) is 0 Å². The van der Waals surface area contributed by atoms with Crippen LogP contribution in [0.3, 0.4) is 0 Å². The minimum absolute atomic E-state index is 0.112. The first kappa shape index (κ1) is 16.0. The van der Waals surface area contributed by atoms with E-state index in [9.17, 15) is 9.59 Å². The van der Waals surface area contributed by atoms with Crippen LogP contribution in [-0.4, -0.2) is 18.5 Å². The molecule has 0 fully saturated rings. The lowest BCUT2D eigenvalue weighted by atomic mass is 10.1. The van der Waals surface area contributed by atoms with Crippen LogP contribution in [0.4, 0.5) is 10.5 Å². The van der Waals surface area contributed by atoms with Crippen LogP contribution in [0.2, 0.25) is 0 Å². The predicted molar refractivity (Wildman–Crippen MR) is 89.4 cm³/mol. The zero-order valence-electron chi connectivity index (χ0n) is 12.6. The second-order valence-corrected chi connectivity index (χ2v) is 5.81. The third kappa shape index (κ3) is 4.33. The summed E-state index contributed by atoms with van der Waals surface area (Å²) in [6.45, 7) is 4.82. The molecule has 5 nitrogen and oxygen atoms in total. The van der Waals surface area contributed by atoms with Gasteiger partial charge in [0.05, 0.1) is 6.54 Å². The van der Waals surface area contributed by atoms with E-state index in [1.807, 2.05) is 31.4 Å². The number of rotatable bonds is 5. The van der Waals surface area contributed by atoms with E-state index in [0.29, 0.717) is 24.3 Å². The fraction of sp³-hybridized carbons (Fsp3) is 0.250. The summed E-state index contributed by atoms with van der Waals surface area (Å²) in [7, 11) is 0. The van der Waals surface area contributed by atoms with Gasteiger partial charge in [-0.05, 0) is 49.1 Å². The summed E-state index contributed by atoms with van der Waals surface area (Å²) in [6.07, 6.45) is 0. The SMILES string of the molecule is CCNC(=O)c1ccc(NC(=O)NCc2cccs2)c(C)c1. The van der Waals surface area contributed by atoms with Gasteiger partial charge >= 0.3 is 6.03 Å². The molecule has 0 spiro atoms. The highest BCUT2D eigenvalue weighted by molar-refractivity contribution is 7.09. The molecule has 0 saturated heterocycles. The zero-order valence-corrected chi connectivity index (χ0v) is 13.4. The van der Waals surface area contributed by atoms with Crippen molar-refractivity contribution in [1.82, 2.24) is 10.6 Å². The number of benzene rings is 1. The second-order valence-electron chi connectivity index (χ2n) is 4.78. The fourth-order valence-corrected chi connectivity index (χ4v) is 2.60. The number of nitrogens with one attached hydrogen (secondary N) is 3. The lowest BCUT2D eigenvalue weighted by Gasteiger charge is -2.11. The van der Waals surface area contributed by atoms with Gasteiger partial charge in [0.2, 0.25) is 0 Å². The molecule has 6 heteroatoms. The summed E-state index contributed by atoms with van der Waals surface area (Å²) in [5.41, 5.74) is 2.12. The van der Waals surface area contributed by atoms with Crippen LogP contribution in [0.1, 0.15) is 27.7 Å². The largest absolute Gasteiger partial charge is 0.352 e. The van der Waals surface area contributed by atoms with E-state index in [-0.39, 0.29) is 11.9 Å². The molecular formula is C16H19N3O2S. The molecule has 0 aliphatic carbocycles. The standard InChI is InChI=1S/C16H19N3O2S/c1-3-17-15(20)12-6-7-14(11(2)9-12)19-16(21)18-10-13-5-4-8-22-13/h4-9H,3,10H2,1-2H3,(H,17,20)(H2,18,19,21). The lowest BCUT2D eigenvalue weighted by molar-refractivity contribution is 0.0955. The molecule has 0 aliphatic rings. The quantitative estimate of drug-likeness (QED) is 0.793. The summed E-state index contributed by atoms with van der Waals surface area (Å²) in [5.74, 6) is -0.112. The van der Waals surface area contributed by atoms with Gasteiger partial charge in [-0.25, -0.2) is 4.79 Å². The summed E-state index contributed by atoms with van der Waals surface area (Å²) >= 11 is 1.60. The maximum Gasteiger partial charge on any atom is 0.319 e. The number of thiophene rings is 1. The minimum atomic E-state index is -0.262. The van der Waals surface area contributed by atoms with Gasteiger partial charge in [-0.2, -0.15) is 0 Å². The highest BCUT2D eigenvalue weighted by Crippen LogP contribution is 2.16. The molecule has 0 atom stereocenters. The first-order valence-corrected chi connectivity index (χ1v) is 7.94. The van der Waals surface area contributed by atoms with Gasteiger partial charge in [-0.1, -0.05) is 6.07 Å². The van der Waals surface area contributed by atoms with Crippen molar-refractivity contribution in [3.63, 3.8) is 0 Å². The van der Waals surface area contributed by atoms with E-state index in [2.05, 4.69) is 16.0 Å². The van der Waals surface area contributed by atoms with Crippen LogP contribution in [-0.2, 0) is 6.54 Å². The van der Waals surface area contributed by atoms with Gasteiger partial charge in [0.1, 0.15) is 0 Å². The minimum Gasteiger partial charge on any atom is -0.352 e. The molecule has 22 heavy (non-hydrogen) atoms. The third-order valence-corrected chi connectivity index (χ3v) is 3.95. The number of aryl methyl sites for hydroxylation is 1. The van der Waals surface area contributed by atoms with Crippen LogP contribution in [0.25, 0.3) is 0 Å². The Kier molecular flexibility index (Phi) is 5.55. The first-order valence-electron chi connectivity index (χ1n) is 7.06. The summed E-state index contributed by atoms with van der Waals surface area (Å²) < 4.78 is 0. The normalized spacial score (nSPS) is 10.1. The van der Waals surface area contributed by atoms with Gasteiger partial charge in [0.25, 0.3) is 5.91 Å². The maximum atomic E-state index is 11.9. The van der Waals surface area contributed by atoms with Crippen molar-refractivity contribution in [2.45, 2.75) is 20.4 Å². The summed E-state index contributed by atoms with van der Waals surface area (Å²) in [4.78, 5) is 24.7. The van der Waals surface area contributed by atoms with Crippen molar-refractivity contribution in [1.29, 1.82) is 0 Å². The zero-order chi connectivity index (χ0) is 15.9. The van der Waals surface area contributed by atoms with Gasteiger partial charge in [-0.3, -0.25) is 4.79 Å². The van der Waals surface area contributed by atoms with E-state index < -0.39 is 0 Å². The van der Waals surface area contributed by atoms with E-state index >= 15 is 0 Å². The average Bonchev–Trinajstić information content (AvgIpc) is 3.01. The molecule has 0 aliphatic heterocycles. The Balaban J connectivity index is 1.94.